The second kappa shape index (κ2) is 4.27. The highest BCUT2D eigenvalue weighted by molar-refractivity contribution is 9.10. The highest BCUT2D eigenvalue weighted by atomic mass is 79.9. The molecule has 2 N–H and O–H groups in total. The molecule has 1 saturated carbocycles. The Bertz CT molecular complexity index is 502. The summed E-state index contributed by atoms with van der Waals surface area (Å²) in [5.74, 6) is -1.55. The van der Waals surface area contributed by atoms with Gasteiger partial charge in [-0.2, -0.15) is 0 Å². The van der Waals surface area contributed by atoms with Gasteiger partial charge in [-0.05, 0) is 34.8 Å². The van der Waals surface area contributed by atoms with E-state index in [0.717, 1.165) is 0 Å². The highest BCUT2D eigenvalue weighted by Gasteiger charge is 2.51. The Morgan fingerprint density at radius 2 is 2.18 bits per heavy atom. The van der Waals surface area contributed by atoms with Crippen LogP contribution in [0.5, 0.6) is 0 Å². The third-order valence-corrected chi connectivity index (χ3v) is 3.30. The van der Waals surface area contributed by atoms with Crippen LogP contribution in [0.25, 0.3) is 0 Å². The van der Waals surface area contributed by atoms with E-state index in [0.29, 0.717) is 17.3 Å². The minimum absolute atomic E-state index is 0.0480. The number of carbonyl (C=O) groups excluding carboxylic acids is 1. The van der Waals surface area contributed by atoms with Crippen molar-refractivity contribution in [1.82, 2.24) is 10.3 Å². The van der Waals surface area contributed by atoms with Gasteiger partial charge in [-0.3, -0.25) is 4.79 Å². The van der Waals surface area contributed by atoms with Crippen molar-refractivity contribution in [3.05, 3.63) is 27.5 Å². The van der Waals surface area contributed by atoms with Gasteiger partial charge in [-0.1, -0.05) is 11.6 Å². The molecule has 1 amide bonds. The zero-order chi connectivity index (χ0) is 12.6. The van der Waals surface area contributed by atoms with E-state index in [4.69, 9.17) is 16.7 Å². The van der Waals surface area contributed by atoms with Gasteiger partial charge in [0.15, 0.2) is 0 Å². The van der Waals surface area contributed by atoms with E-state index in [1.807, 2.05) is 0 Å². The average molecular weight is 320 g/mol. The quantitative estimate of drug-likeness (QED) is 0.833. The summed E-state index contributed by atoms with van der Waals surface area (Å²) in [6, 6.07) is 1.50. The second-order valence-electron chi connectivity index (χ2n) is 3.83. The lowest BCUT2D eigenvalue weighted by atomic mass is 10.2. The van der Waals surface area contributed by atoms with Crippen molar-refractivity contribution < 1.29 is 14.7 Å². The number of hydrogen-bond donors (Lipinski definition) is 2. The fourth-order valence-electron chi connectivity index (χ4n) is 1.38. The molecule has 0 aliphatic heterocycles. The smallest absolute Gasteiger partial charge is 0.329 e. The van der Waals surface area contributed by atoms with Crippen LogP contribution in [0, 0.1) is 0 Å². The molecule has 90 valence electrons. The predicted octanol–water partition coefficient (Wildman–Crippen LogP) is 1.84. The molecule has 0 spiro atoms. The van der Waals surface area contributed by atoms with Crippen LogP contribution in [0.15, 0.2) is 16.7 Å². The minimum Gasteiger partial charge on any atom is -0.480 e. The normalized spacial score (nSPS) is 16.4. The lowest BCUT2D eigenvalue weighted by molar-refractivity contribution is -0.140. The van der Waals surface area contributed by atoms with Gasteiger partial charge >= 0.3 is 5.97 Å². The maximum Gasteiger partial charge on any atom is 0.329 e. The standard InChI is InChI=1S/C10H8BrClN2O3/c11-5-3-6(7(12)13-4-5)8(15)14-10(1-2-10)9(16)17/h3-4H,1-2H2,(H,14,15)(H,16,17). The van der Waals surface area contributed by atoms with Crippen LogP contribution in [-0.4, -0.2) is 27.5 Å². The van der Waals surface area contributed by atoms with E-state index >= 15 is 0 Å². The first-order valence-electron chi connectivity index (χ1n) is 4.81. The second-order valence-corrected chi connectivity index (χ2v) is 5.11. The fraction of sp³-hybridized carbons (Fsp3) is 0.300. The molecule has 5 nitrogen and oxygen atoms in total. The largest absolute Gasteiger partial charge is 0.480 e. The maximum absolute atomic E-state index is 11.9. The summed E-state index contributed by atoms with van der Waals surface area (Å²) in [5.41, 5.74) is -0.962. The number of amides is 1. The molecule has 0 aromatic carbocycles. The summed E-state index contributed by atoms with van der Waals surface area (Å²) in [4.78, 5) is 26.6. The molecule has 0 bridgehead atoms. The Morgan fingerprint density at radius 3 is 2.71 bits per heavy atom. The van der Waals surface area contributed by atoms with Crippen LogP contribution in [0.2, 0.25) is 5.15 Å². The van der Waals surface area contributed by atoms with Crippen LogP contribution < -0.4 is 5.32 Å². The zero-order valence-electron chi connectivity index (χ0n) is 8.54. The monoisotopic (exact) mass is 318 g/mol. The highest BCUT2D eigenvalue weighted by Crippen LogP contribution is 2.36. The predicted molar refractivity (Wildman–Crippen MR) is 64.0 cm³/mol. The molecule has 1 aromatic heterocycles. The maximum atomic E-state index is 11.9. The first kappa shape index (κ1) is 12.3. The Labute approximate surface area is 110 Å². The van der Waals surface area contributed by atoms with Gasteiger partial charge in [0.1, 0.15) is 10.7 Å². The molecule has 1 fully saturated rings. The summed E-state index contributed by atoms with van der Waals surface area (Å²) >= 11 is 8.95. The summed E-state index contributed by atoms with van der Waals surface area (Å²) < 4.78 is 0.604. The van der Waals surface area contributed by atoms with Crippen LogP contribution in [0.4, 0.5) is 0 Å². The van der Waals surface area contributed by atoms with E-state index in [-0.39, 0.29) is 10.7 Å². The van der Waals surface area contributed by atoms with Crippen LogP contribution in [0.3, 0.4) is 0 Å². The van der Waals surface area contributed by atoms with Gasteiger partial charge in [0.05, 0.1) is 5.56 Å². The van der Waals surface area contributed by atoms with Crippen LogP contribution >= 0.6 is 27.5 Å². The molecule has 0 saturated heterocycles. The number of aliphatic carboxylic acids is 1. The number of aromatic nitrogens is 1. The van der Waals surface area contributed by atoms with Gasteiger partial charge in [-0.15, -0.1) is 0 Å². The number of hydrogen-bond acceptors (Lipinski definition) is 3. The Morgan fingerprint density at radius 1 is 1.53 bits per heavy atom. The number of rotatable bonds is 3. The van der Waals surface area contributed by atoms with Crippen molar-refractivity contribution in [2.75, 3.05) is 0 Å². The SMILES string of the molecule is O=C(NC1(C(=O)O)CC1)c1cc(Br)cnc1Cl. The number of carboxylic acids is 1. The molecule has 0 atom stereocenters. The molecule has 0 radical (unpaired) electrons. The number of nitrogens with zero attached hydrogens (tertiary/aromatic N) is 1. The third kappa shape index (κ3) is 2.42. The Balaban J connectivity index is 2.21. The van der Waals surface area contributed by atoms with Crippen molar-refractivity contribution in [2.24, 2.45) is 0 Å². The fourth-order valence-corrected chi connectivity index (χ4v) is 1.90. The van der Waals surface area contributed by atoms with Crippen LogP contribution in [0.1, 0.15) is 23.2 Å². The van der Waals surface area contributed by atoms with Gasteiger partial charge in [-0.25, -0.2) is 9.78 Å². The number of halogens is 2. The molecule has 7 heteroatoms. The molecule has 1 heterocycles. The first-order chi connectivity index (χ1) is 7.94. The first-order valence-corrected chi connectivity index (χ1v) is 5.99. The Kier molecular flexibility index (Phi) is 3.09. The molecule has 1 aromatic rings. The van der Waals surface area contributed by atoms with Crippen LogP contribution in [-0.2, 0) is 4.79 Å². The average Bonchev–Trinajstić information content (AvgIpc) is 3.02. The number of pyridine rings is 1. The van der Waals surface area contributed by atoms with Crippen molar-refractivity contribution in [2.45, 2.75) is 18.4 Å². The van der Waals surface area contributed by atoms with Gasteiger partial charge in [0.25, 0.3) is 5.91 Å². The van der Waals surface area contributed by atoms with Crippen molar-refractivity contribution in [3.8, 4) is 0 Å². The van der Waals surface area contributed by atoms with E-state index in [1.54, 1.807) is 0 Å². The number of carbonyl (C=O) groups is 2. The summed E-state index contributed by atoms with van der Waals surface area (Å²) in [5, 5.41) is 11.5. The molecular weight excluding hydrogens is 311 g/mol. The summed E-state index contributed by atoms with van der Waals surface area (Å²) in [6.45, 7) is 0. The van der Waals surface area contributed by atoms with Gasteiger partial charge in [0.2, 0.25) is 0 Å². The molecular formula is C10H8BrClN2O3. The lowest BCUT2D eigenvalue weighted by Crippen LogP contribution is -2.43. The summed E-state index contributed by atoms with van der Waals surface area (Å²) in [6.07, 6.45) is 2.34. The van der Waals surface area contributed by atoms with E-state index in [9.17, 15) is 9.59 Å². The molecule has 0 unspecified atom stereocenters. The molecule has 1 aliphatic rings. The molecule has 1 aliphatic carbocycles. The third-order valence-electron chi connectivity index (χ3n) is 2.56. The van der Waals surface area contributed by atoms with E-state index < -0.39 is 17.4 Å². The topological polar surface area (TPSA) is 79.3 Å². The zero-order valence-corrected chi connectivity index (χ0v) is 10.9. The van der Waals surface area contributed by atoms with Gasteiger partial charge in [0, 0.05) is 10.7 Å². The molecule has 2 rings (SSSR count). The minimum atomic E-state index is -1.12. The van der Waals surface area contributed by atoms with Crippen molar-refractivity contribution >= 4 is 39.4 Å². The molecule has 17 heavy (non-hydrogen) atoms. The Hall–Kier alpha value is -1.14. The lowest BCUT2D eigenvalue weighted by Gasteiger charge is -2.12. The number of carboxylic acid groups (broad SMARTS) is 1. The number of nitrogens with one attached hydrogen (secondary N) is 1. The van der Waals surface area contributed by atoms with E-state index in [1.165, 1.54) is 12.3 Å². The summed E-state index contributed by atoms with van der Waals surface area (Å²) in [7, 11) is 0. The van der Waals surface area contributed by atoms with Crippen molar-refractivity contribution in [1.29, 1.82) is 0 Å². The van der Waals surface area contributed by atoms with Crippen molar-refractivity contribution in [3.63, 3.8) is 0 Å². The van der Waals surface area contributed by atoms with E-state index in [2.05, 4.69) is 26.2 Å². The van der Waals surface area contributed by atoms with Gasteiger partial charge < -0.3 is 10.4 Å².